The Kier molecular flexibility index (Phi) is 4.08. The second-order valence-corrected chi connectivity index (χ2v) is 5.31. The van der Waals surface area contributed by atoms with Crippen molar-refractivity contribution in [2.75, 3.05) is 13.1 Å². The Labute approximate surface area is 118 Å². The molecule has 2 N–H and O–H groups in total. The summed E-state index contributed by atoms with van der Waals surface area (Å²) >= 11 is 0. The summed E-state index contributed by atoms with van der Waals surface area (Å²) in [6, 6.07) is 10.4. The fraction of sp³-hybridized carbons (Fsp3) is 0.467. The molecule has 1 aliphatic rings. The van der Waals surface area contributed by atoms with Crippen molar-refractivity contribution in [2.24, 2.45) is 0 Å². The van der Waals surface area contributed by atoms with Crippen LogP contribution in [0.1, 0.15) is 36.2 Å². The number of rotatable bonds is 4. The van der Waals surface area contributed by atoms with Gasteiger partial charge < -0.3 is 10.4 Å². The molecule has 2 heterocycles. The molecule has 0 aliphatic carbocycles. The summed E-state index contributed by atoms with van der Waals surface area (Å²) in [6.07, 6.45) is 4.01. The van der Waals surface area contributed by atoms with Crippen LogP contribution in [0.4, 0.5) is 0 Å². The van der Waals surface area contributed by atoms with Crippen LogP contribution < -0.4 is 5.32 Å². The smallest absolute Gasteiger partial charge is 0.112 e. The van der Waals surface area contributed by atoms with E-state index in [0.717, 1.165) is 31.5 Å². The Morgan fingerprint density at radius 3 is 2.75 bits per heavy atom. The predicted molar refractivity (Wildman–Crippen MR) is 76.3 cm³/mol. The fourth-order valence-electron chi connectivity index (χ4n) is 2.63. The van der Waals surface area contributed by atoms with Gasteiger partial charge in [-0.3, -0.25) is 0 Å². The van der Waals surface area contributed by atoms with E-state index < -0.39 is 6.10 Å². The van der Waals surface area contributed by atoms with Crippen LogP contribution in [-0.4, -0.2) is 33.2 Å². The van der Waals surface area contributed by atoms with Crippen molar-refractivity contribution in [3.8, 4) is 0 Å². The maximum atomic E-state index is 10.3. The zero-order valence-corrected chi connectivity index (χ0v) is 11.4. The zero-order chi connectivity index (χ0) is 13.8. The van der Waals surface area contributed by atoms with E-state index in [9.17, 15) is 5.11 Å². The van der Waals surface area contributed by atoms with Crippen molar-refractivity contribution >= 4 is 0 Å². The minimum absolute atomic E-state index is 0.404. The lowest BCUT2D eigenvalue weighted by Gasteiger charge is -2.22. The number of piperidine rings is 1. The Hall–Kier alpha value is -1.72. The highest BCUT2D eigenvalue weighted by atomic mass is 16.3. The first-order valence-corrected chi connectivity index (χ1v) is 7.17. The SMILES string of the molecule is OC(Cc1ccccc1)c1cn(C2CCNCC2)nn1. The molecule has 2 aromatic rings. The van der Waals surface area contributed by atoms with Crippen molar-refractivity contribution in [1.82, 2.24) is 20.3 Å². The summed E-state index contributed by atoms with van der Waals surface area (Å²) in [4.78, 5) is 0. The molecular formula is C15H20N4O. The highest BCUT2D eigenvalue weighted by Gasteiger charge is 2.19. The Morgan fingerprint density at radius 1 is 1.25 bits per heavy atom. The molecule has 3 rings (SSSR count). The third-order valence-corrected chi connectivity index (χ3v) is 3.82. The molecule has 1 aliphatic heterocycles. The van der Waals surface area contributed by atoms with Gasteiger partial charge >= 0.3 is 0 Å². The van der Waals surface area contributed by atoms with Crippen molar-refractivity contribution in [2.45, 2.75) is 31.4 Å². The molecule has 1 unspecified atom stereocenters. The minimum atomic E-state index is -0.590. The maximum Gasteiger partial charge on any atom is 0.112 e. The van der Waals surface area contributed by atoms with Gasteiger partial charge in [-0.25, -0.2) is 4.68 Å². The number of nitrogens with one attached hydrogen (secondary N) is 1. The van der Waals surface area contributed by atoms with E-state index in [1.54, 1.807) is 0 Å². The Bertz CT molecular complexity index is 534. The monoisotopic (exact) mass is 272 g/mol. The molecule has 1 aromatic heterocycles. The predicted octanol–water partition coefficient (Wildman–Crippen LogP) is 1.48. The summed E-state index contributed by atoms with van der Waals surface area (Å²) in [5.41, 5.74) is 1.77. The van der Waals surface area contributed by atoms with Gasteiger partial charge in [0.25, 0.3) is 0 Å². The number of hydrogen-bond acceptors (Lipinski definition) is 4. The number of hydrogen-bond donors (Lipinski definition) is 2. The lowest BCUT2D eigenvalue weighted by Crippen LogP contribution is -2.29. The van der Waals surface area contributed by atoms with Gasteiger partial charge in [-0.15, -0.1) is 5.10 Å². The first kappa shape index (κ1) is 13.3. The van der Waals surface area contributed by atoms with Crippen LogP contribution in [0.2, 0.25) is 0 Å². The maximum absolute atomic E-state index is 10.3. The lowest BCUT2D eigenvalue weighted by atomic mass is 10.1. The molecule has 1 atom stereocenters. The standard InChI is InChI=1S/C15H20N4O/c20-15(10-12-4-2-1-3-5-12)14-11-19(18-17-14)13-6-8-16-9-7-13/h1-5,11,13,15-16,20H,6-10H2. The molecule has 20 heavy (non-hydrogen) atoms. The molecule has 0 saturated carbocycles. The number of benzene rings is 1. The van der Waals surface area contributed by atoms with Crippen LogP contribution in [0.15, 0.2) is 36.5 Å². The van der Waals surface area contributed by atoms with Crippen LogP contribution in [-0.2, 0) is 6.42 Å². The van der Waals surface area contributed by atoms with E-state index in [0.29, 0.717) is 18.2 Å². The molecule has 0 bridgehead atoms. The lowest BCUT2D eigenvalue weighted by molar-refractivity contribution is 0.173. The molecule has 1 aromatic carbocycles. The molecule has 1 saturated heterocycles. The first-order valence-electron chi connectivity index (χ1n) is 7.17. The van der Waals surface area contributed by atoms with Crippen LogP contribution in [0.25, 0.3) is 0 Å². The van der Waals surface area contributed by atoms with Crippen LogP contribution in [0, 0.1) is 0 Å². The van der Waals surface area contributed by atoms with Gasteiger partial charge in [0.05, 0.1) is 12.2 Å². The largest absolute Gasteiger partial charge is 0.386 e. The summed E-state index contributed by atoms with van der Waals surface area (Å²) in [7, 11) is 0. The van der Waals surface area contributed by atoms with E-state index in [2.05, 4.69) is 15.6 Å². The average molecular weight is 272 g/mol. The topological polar surface area (TPSA) is 63.0 Å². The third kappa shape index (κ3) is 3.05. The quantitative estimate of drug-likeness (QED) is 0.885. The average Bonchev–Trinajstić information content (AvgIpc) is 2.99. The number of nitrogens with zero attached hydrogens (tertiary/aromatic N) is 3. The van der Waals surface area contributed by atoms with Gasteiger partial charge in [0, 0.05) is 6.42 Å². The van der Waals surface area contributed by atoms with Gasteiger partial charge in [0.1, 0.15) is 11.8 Å². The minimum Gasteiger partial charge on any atom is -0.386 e. The molecule has 0 radical (unpaired) electrons. The molecule has 0 spiro atoms. The van der Waals surface area contributed by atoms with Crippen LogP contribution in [0.3, 0.4) is 0 Å². The normalized spacial score (nSPS) is 18.1. The second kappa shape index (κ2) is 6.15. The fourth-order valence-corrected chi connectivity index (χ4v) is 2.63. The van der Waals surface area contributed by atoms with Gasteiger partial charge in [0.2, 0.25) is 0 Å². The van der Waals surface area contributed by atoms with Crippen LogP contribution in [0.5, 0.6) is 0 Å². The van der Waals surface area contributed by atoms with E-state index >= 15 is 0 Å². The number of aromatic nitrogens is 3. The van der Waals surface area contributed by atoms with Crippen molar-refractivity contribution in [1.29, 1.82) is 0 Å². The Morgan fingerprint density at radius 2 is 2.00 bits per heavy atom. The first-order chi connectivity index (χ1) is 9.83. The van der Waals surface area contributed by atoms with E-state index in [4.69, 9.17) is 0 Å². The van der Waals surface area contributed by atoms with Gasteiger partial charge in [-0.1, -0.05) is 35.5 Å². The van der Waals surface area contributed by atoms with Gasteiger partial charge in [-0.05, 0) is 31.5 Å². The molecule has 5 heteroatoms. The van der Waals surface area contributed by atoms with E-state index in [1.807, 2.05) is 41.2 Å². The summed E-state index contributed by atoms with van der Waals surface area (Å²) < 4.78 is 1.91. The van der Waals surface area contributed by atoms with Gasteiger partial charge in [0.15, 0.2) is 0 Å². The zero-order valence-electron chi connectivity index (χ0n) is 11.4. The molecule has 5 nitrogen and oxygen atoms in total. The van der Waals surface area contributed by atoms with Crippen LogP contribution >= 0.6 is 0 Å². The van der Waals surface area contributed by atoms with Crippen molar-refractivity contribution in [3.63, 3.8) is 0 Å². The number of aliphatic hydroxyl groups is 1. The van der Waals surface area contributed by atoms with Gasteiger partial charge in [-0.2, -0.15) is 0 Å². The van der Waals surface area contributed by atoms with Crippen molar-refractivity contribution in [3.05, 3.63) is 47.8 Å². The molecule has 1 fully saturated rings. The molecule has 0 amide bonds. The summed E-state index contributed by atoms with van der Waals surface area (Å²) in [6.45, 7) is 2.04. The van der Waals surface area contributed by atoms with Crippen molar-refractivity contribution < 1.29 is 5.11 Å². The highest BCUT2D eigenvalue weighted by Crippen LogP contribution is 2.20. The second-order valence-electron chi connectivity index (χ2n) is 5.31. The molecular weight excluding hydrogens is 252 g/mol. The number of aliphatic hydroxyl groups excluding tert-OH is 1. The van der Waals surface area contributed by atoms with E-state index in [-0.39, 0.29) is 0 Å². The third-order valence-electron chi connectivity index (χ3n) is 3.82. The summed E-state index contributed by atoms with van der Waals surface area (Å²) in [5, 5.41) is 21.9. The van der Waals surface area contributed by atoms with E-state index in [1.165, 1.54) is 0 Å². The molecule has 106 valence electrons. The summed E-state index contributed by atoms with van der Waals surface area (Å²) in [5.74, 6) is 0. The highest BCUT2D eigenvalue weighted by molar-refractivity contribution is 5.17. The Balaban J connectivity index is 1.66.